The molecule has 2 N–H and O–H groups in total. The second kappa shape index (κ2) is 6.41. The van der Waals surface area contributed by atoms with Crippen LogP contribution < -0.4 is 10.6 Å². The van der Waals surface area contributed by atoms with E-state index in [-0.39, 0.29) is 6.03 Å². The minimum atomic E-state index is -0.167. The van der Waals surface area contributed by atoms with Crippen molar-refractivity contribution in [2.24, 2.45) is 7.05 Å². The van der Waals surface area contributed by atoms with Gasteiger partial charge in [-0.05, 0) is 39.0 Å². The summed E-state index contributed by atoms with van der Waals surface area (Å²) in [5.74, 6) is 0.715. The topological polar surface area (TPSA) is 59.0 Å². The van der Waals surface area contributed by atoms with Gasteiger partial charge in [0.15, 0.2) is 0 Å². The van der Waals surface area contributed by atoms with Crippen LogP contribution in [-0.2, 0) is 7.05 Å². The number of hydrogen-bond acceptors (Lipinski definition) is 2. The Morgan fingerprint density at radius 3 is 2.95 bits per heavy atom. The minimum absolute atomic E-state index is 0.167. The lowest BCUT2D eigenvalue weighted by atomic mass is 9.97. The summed E-state index contributed by atoms with van der Waals surface area (Å²) in [5, 5.41) is 9.87. The molecule has 2 rings (SSSR count). The summed E-state index contributed by atoms with van der Waals surface area (Å²) in [6, 6.07) is 1.68. The molecule has 0 saturated heterocycles. The Kier molecular flexibility index (Phi) is 4.60. The largest absolute Gasteiger partial charge is 0.338 e. The average Bonchev–Trinajstić information content (AvgIpc) is 2.69. The van der Waals surface area contributed by atoms with Gasteiger partial charge in [0.2, 0.25) is 0 Å². The van der Waals surface area contributed by atoms with Crippen LogP contribution in [0.15, 0.2) is 17.7 Å². The Labute approximate surface area is 114 Å². The fourth-order valence-electron chi connectivity index (χ4n) is 2.36. The van der Waals surface area contributed by atoms with Crippen molar-refractivity contribution in [1.29, 1.82) is 0 Å². The quantitative estimate of drug-likeness (QED) is 0.820. The van der Waals surface area contributed by atoms with E-state index in [0.29, 0.717) is 12.4 Å². The number of carbonyl (C=O) groups excluding carboxylic acids is 1. The van der Waals surface area contributed by atoms with E-state index >= 15 is 0 Å². The van der Waals surface area contributed by atoms with Crippen LogP contribution in [0.2, 0.25) is 0 Å². The number of nitrogens with one attached hydrogen (secondary N) is 2. The van der Waals surface area contributed by atoms with Gasteiger partial charge in [0.1, 0.15) is 5.82 Å². The van der Waals surface area contributed by atoms with Gasteiger partial charge in [-0.25, -0.2) is 4.79 Å². The lowest BCUT2D eigenvalue weighted by molar-refractivity contribution is 0.252. The van der Waals surface area contributed by atoms with E-state index in [0.717, 1.165) is 12.1 Å². The first-order valence-corrected chi connectivity index (χ1v) is 6.88. The third-order valence-electron chi connectivity index (χ3n) is 3.36. The smallest absolute Gasteiger partial charge is 0.320 e. The van der Waals surface area contributed by atoms with Gasteiger partial charge in [0.25, 0.3) is 0 Å². The number of allylic oxidation sites excluding steroid dienone is 1. The minimum Gasteiger partial charge on any atom is -0.338 e. The summed E-state index contributed by atoms with van der Waals surface area (Å²) >= 11 is 0. The molecule has 0 saturated carbocycles. The van der Waals surface area contributed by atoms with Gasteiger partial charge in [-0.1, -0.05) is 11.6 Å². The van der Waals surface area contributed by atoms with Gasteiger partial charge < -0.3 is 5.32 Å². The summed E-state index contributed by atoms with van der Waals surface area (Å²) in [5.41, 5.74) is 2.37. The number of aromatic nitrogens is 2. The molecule has 0 bridgehead atoms. The summed E-state index contributed by atoms with van der Waals surface area (Å²) in [4.78, 5) is 11.7. The molecule has 1 aliphatic carbocycles. The highest BCUT2D eigenvalue weighted by molar-refractivity contribution is 5.88. The maximum absolute atomic E-state index is 11.7. The van der Waals surface area contributed by atoms with Gasteiger partial charge >= 0.3 is 6.03 Å². The molecule has 19 heavy (non-hydrogen) atoms. The van der Waals surface area contributed by atoms with Crippen LogP contribution in [0, 0.1) is 6.92 Å². The van der Waals surface area contributed by atoms with Crippen LogP contribution in [0.1, 0.15) is 37.8 Å². The SMILES string of the molecule is Cc1cc(NC(=O)NCCC2=CCCCC2)n(C)n1. The monoisotopic (exact) mass is 262 g/mol. The van der Waals surface area contributed by atoms with Crippen molar-refractivity contribution >= 4 is 11.8 Å². The summed E-state index contributed by atoms with van der Waals surface area (Å²) in [6.45, 7) is 2.59. The molecule has 1 aliphatic rings. The van der Waals surface area contributed by atoms with E-state index in [9.17, 15) is 4.79 Å². The zero-order valence-corrected chi connectivity index (χ0v) is 11.7. The lowest BCUT2D eigenvalue weighted by Gasteiger charge is -2.13. The molecule has 1 aromatic rings. The second-order valence-electron chi connectivity index (χ2n) is 5.03. The molecule has 1 aromatic heterocycles. The third kappa shape index (κ3) is 4.12. The molecular formula is C14H22N4O. The Bertz CT molecular complexity index is 476. The first-order valence-electron chi connectivity index (χ1n) is 6.88. The number of rotatable bonds is 4. The summed E-state index contributed by atoms with van der Waals surface area (Å²) < 4.78 is 1.67. The maximum atomic E-state index is 11.7. The molecule has 0 aliphatic heterocycles. The van der Waals surface area contributed by atoms with Gasteiger partial charge in [-0.15, -0.1) is 0 Å². The molecule has 5 nitrogen and oxygen atoms in total. The van der Waals surface area contributed by atoms with Crippen molar-refractivity contribution in [3.8, 4) is 0 Å². The van der Waals surface area contributed by atoms with E-state index in [1.807, 2.05) is 20.0 Å². The average molecular weight is 262 g/mol. The number of hydrogen-bond donors (Lipinski definition) is 2. The molecule has 104 valence electrons. The second-order valence-corrected chi connectivity index (χ2v) is 5.03. The summed E-state index contributed by atoms with van der Waals surface area (Å²) in [6.07, 6.45) is 8.23. The number of anilines is 1. The van der Waals surface area contributed by atoms with E-state index in [1.54, 1.807) is 4.68 Å². The van der Waals surface area contributed by atoms with Crippen molar-refractivity contribution in [3.63, 3.8) is 0 Å². The molecule has 0 atom stereocenters. The van der Waals surface area contributed by atoms with Crippen LogP contribution in [0.25, 0.3) is 0 Å². The maximum Gasteiger partial charge on any atom is 0.320 e. The highest BCUT2D eigenvalue weighted by Gasteiger charge is 2.07. The number of carbonyl (C=O) groups is 1. The van der Waals surface area contributed by atoms with E-state index in [1.165, 1.54) is 31.3 Å². The van der Waals surface area contributed by atoms with E-state index in [2.05, 4.69) is 21.8 Å². The fraction of sp³-hybridized carbons (Fsp3) is 0.571. The Hall–Kier alpha value is -1.78. The predicted molar refractivity (Wildman–Crippen MR) is 76.1 cm³/mol. The Balaban J connectivity index is 1.72. The van der Waals surface area contributed by atoms with Gasteiger partial charge in [-0.2, -0.15) is 5.10 Å². The van der Waals surface area contributed by atoms with Crippen LogP contribution in [-0.4, -0.2) is 22.4 Å². The molecule has 2 amide bonds. The molecule has 0 unspecified atom stereocenters. The zero-order valence-electron chi connectivity index (χ0n) is 11.7. The number of nitrogens with zero attached hydrogens (tertiary/aromatic N) is 2. The third-order valence-corrected chi connectivity index (χ3v) is 3.36. The highest BCUT2D eigenvalue weighted by atomic mass is 16.2. The van der Waals surface area contributed by atoms with Gasteiger partial charge in [0.05, 0.1) is 5.69 Å². The Morgan fingerprint density at radius 2 is 2.32 bits per heavy atom. The zero-order chi connectivity index (χ0) is 13.7. The van der Waals surface area contributed by atoms with Crippen LogP contribution in [0.5, 0.6) is 0 Å². The lowest BCUT2D eigenvalue weighted by Crippen LogP contribution is -2.30. The van der Waals surface area contributed by atoms with Gasteiger partial charge in [-0.3, -0.25) is 10.00 Å². The molecule has 0 radical (unpaired) electrons. The molecular weight excluding hydrogens is 240 g/mol. The number of amides is 2. The first-order chi connectivity index (χ1) is 9.15. The van der Waals surface area contributed by atoms with Crippen molar-refractivity contribution in [2.75, 3.05) is 11.9 Å². The number of urea groups is 1. The highest BCUT2D eigenvalue weighted by Crippen LogP contribution is 2.19. The first kappa shape index (κ1) is 13.6. The standard InChI is InChI=1S/C14H22N4O/c1-11-10-13(18(2)17-11)16-14(19)15-9-8-12-6-4-3-5-7-12/h6,10H,3-5,7-9H2,1-2H3,(H2,15,16,19). The summed E-state index contributed by atoms with van der Waals surface area (Å²) in [7, 11) is 1.81. The van der Waals surface area contributed by atoms with E-state index in [4.69, 9.17) is 0 Å². The van der Waals surface area contributed by atoms with Gasteiger partial charge in [0, 0.05) is 19.7 Å². The predicted octanol–water partition coefficient (Wildman–Crippen LogP) is 2.74. The van der Waals surface area contributed by atoms with Crippen molar-refractivity contribution in [2.45, 2.75) is 39.0 Å². The van der Waals surface area contributed by atoms with E-state index < -0.39 is 0 Å². The van der Waals surface area contributed by atoms with Crippen LogP contribution in [0.4, 0.5) is 10.6 Å². The molecule has 5 heteroatoms. The fourth-order valence-corrected chi connectivity index (χ4v) is 2.36. The van der Waals surface area contributed by atoms with Crippen LogP contribution in [0.3, 0.4) is 0 Å². The van der Waals surface area contributed by atoms with Crippen molar-refractivity contribution < 1.29 is 4.79 Å². The number of aryl methyl sites for hydroxylation is 2. The Morgan fingerprint density at radius 1 is 1.47 bits per heavy atom. The molecule has 0 spiro atoms. The van der Waals surface area contributed by atoms with Crippen LogP contribution >= 0.6 is 0 Å². The molecule has 0 fully saturated rings. The normalized spacial score (nSPS) is 14.9. The molecule has 1 heterocycles. The van der Waals surface area contributed by atoms with Crippen molar-refractivity contribution in [3.05, 3.63) is 23.4 Å². The van der Waals surface area contributed by atoms with Crippen molar-refractivity contribution in [1.82, 2.24) is 15.1 Å². The molecule has 0 aromatic carbocycles.